The quantitative estimate of drug-likeness (QED) is 0.220. The van der Waals surface area contributed by atoms with E-state index < -0.39 is 23.3 Å². The molecule has 0 amide bonds. The van der Waals surface area contributed by atoms with Crippen LogP contribution >= 0.6 is 0 Å². The Hall–Kier alpha value is -2.99. The largest absolute Gasteiger partial charge is 0.425 e. The number of benzene rings is 2. The minimum Gasteiger partial charge on any atom is -0.425 e. The number of esters is 1. The van der Waals surface area contributed by atoms with Crippen LogP contribution in [0.15, 0.2) is 47.6 Å². The summed E-state index contributed by atoms with van der Waals surface area (Å²) in [5.74, 6) is -0.729. The summed E-state index contributed by atoms with van der Waals surface area (Å²) in [7, 11) is 0. The number of halogens is 3. The molecule has 0 aliphatic heterocycles. The molecule has 5 nitrogen and oxygen atoms in total. The number of allylic oxidation sites excluding steroid dienone is 1. The van der Waals surface area contributed by atoms with Crippen LogP contribution in [0, 0.1) is 5.41 Å². The van der Waals surface area contributed by atoms with E-state index in [0.717, 1.165) is 0 Å². The van der Waals surface area contributed by atoms with Gasteiger partial charge in [-0.15, -0.1) is 0 Å². The summed E-state index contributed by atoms with van der Waals surface area (Å²) in [6.45, 7) is 4.86. The van der Waals surface area contributed by atoms with Crippen LogP contribution in [-0.2, 0) is 4.79 Å². The Bertz CT molecular complexity index is 921. The highest BCUT2D eigenvalue weighted by Gasteiger charge is 2.28. The van der Waals surface area contributed by atoms with Gasteiger partial charge in [-0.1, -0.05) is 35.4 Å². The van der Waals surface area contributed by atoms with Crippen LogP contribution in [0.2, 0.25) is 0 Å². The molecule has 0 heterocycles. The van der Waals surface area contributed by atoms with Gasteiger partial charge in [-0.05, 0) is 43.1 Å². The predicted molar refractivity (Wildman–Crippen MR) is 92.2 cm³/mol. The van der Waals surface area contributed by atoms with Crippen molar-refractivity contribution < 1.29 is 22.7 Å². The number of alkyl halides is 3. The maximum Gasteiger partial charge on any atom is 0.410 e. The summed E-state index contributed by atoms with van der Waals surface area (Å²) in [5.41, 5.74) is 7.09. The van der Waals surface area contributed by atoms with Gasteiger partial charge in [0, 0.05) is 16.6 Å². The summed E-state index contributed by atoms with van der Waals surface area (Å²) >= 11 is 0. The van der Waals surface area contributed by atoms with Crippen molar-refractivity contribution in [3.63, 3.8) is 0 Å². The molecule has 2 aromatic carbocycles. The standard InChI is InChI=1S/C18H16F3N3O2/c1-17(2,3)16(25)26-14-9-8-11-6-4-5-7-12(11)15(14)13(23-24-22)10-18(19,20)21/h4-10H,1-3H3/b13-10+. The Morgan fingerprint density at radius 3 is 2.38 bits per heavy atom. The van der Waals surface area contributed by atoms with Crippen molar-refractivity contribution in [2.45, 2.75) is 26.9 Å². The van der Waals surface area contributed by atoms with Crippen molar-refractivity contribution in [2.75, 3.05) is 0 Å². The Morgan fingerprint density at radius 2 is 1.81 bits per heavy atom. The minimum atomic E-state index is -4.72. The van der Waals surface area contributed by atoms with Crippen LogP contribution in [-0.4, -0.2) is 12.1 Å². The van der Waals surface area contributed by atoms with Crippen molar-refractivity contribution in [1.29, 1.82) is 0 Å². The second-order valence-electron chi connectivity index (χ2n) is 6.56. The SMILES string of the molecule is CC(C)(C)C(=O)Oc1ccc2ccccc2c1/C(=C\C(F)(F)F)N=[N+]=[N-]. The number of hydrogen-bond donors (Lipinski definition) is 0. The molecule has 0 fully saturated rings. The van der Waals surface area contributed by atoms with Gasteiger partial charge in [0.1, 0.15) is 5.75 Å². The highest BCUT2D eigenvalue weighted by atomic mass is 19.4. The molecule has 0 saturated carbocycles. The lowest BCUT2D eigenvalue weighted by molar-refractivity contribution is -0.143. The predicted octanol–water partition coefficient (Wildman–Crippen LogP) is 6.00. The van der Waals surface area contributed by atoms with Gasteiger partial charge in [-0.3, -0.25) is 4.79 Å². The number of carbonyl (C=O) groups excluding carboxylic acids is 1. The number of hydrogen-bond acceptors (Lipinski definition) is 3. The zero-order valence-electron chi connectivity index (χ0n) is 14.3. The molecule has 0 atom stereocenters. The fraction of sp³-hybridized carbons (Fsp3) is 0.278. The fourth-order valence-corrected chi connectivity index (χ4v) is 2.21. The molecule has 0 radical (unpaired) electrons. The summed E-state index contributed by atoms with van der Waals surface area (Å²) in [5, 5.41) is 4.17. The number of rotatable bonds is 3. The Kier molecular flexibility index (Phi) is 5.28. The van der Waals surface area contributed by atoms with Crippen LogP contribution in [0.3, 0.4) is 0 Å². The first-order valence-electron chi connectivity index (χ1n) is 7.62. The smallest absolute Gasteiger partial charge is 0.410 e. The molecule has 136 valence electrons. The topological polar surface area (TPSA) is 75.1 Å². The van der Waals surface area contributed by atoms with E-state index in [9.17, 15) is 18.0 Å². The van der Waals surface area contributed by atoms with E-state index >= 15 is 0 Å². The molecule has 0 N–H and O–H groups in total. The number of carbonyl (C=O) groups is 1. The number of ether oxygens (including phenoxy) is 1. The maximum absolute atomic E-state index is 12.9. The van der Waals surface area contributed by atoms with Gasteiger partial charge in [0.2, 0.25) is 0 Å². The number of fused-ring (bicyclic) bond motifs is 1. The third-order valence-corrected chi connectivity index (χ3v) is 3.41. The van der Waals surface area contributed by atoms with Gasteiger partial charge in [0.25, 0.3) is 0 Å². The zero-order valence-corrected chi connectivity index (χ0v) is 14.3. The van der Waals surface area contributed by atoms with Gasteiger partial charge in [0.15, 0.2) is 0 Å². The third-order valence-electron chi connectivity index (χ3n) is 3.41. The average molecular weight is 363 g/mol. The van der Waals surface area contributed by atoms with Crippen molar-refractivity contribution in [1.82, 2.24) is 0 Å². The van der Waals surface area contributed by atoms with Gasteiger partial charge < -0.3 is 4.74 Å². The van der Waals surface area contributed by atoms with Crippen LogP contribution in [0.4, 0.5) is 13.2 Å². The molecule has 0 aliphatic rings. The lowest BCUT2D eigenvalue weighted by Crippen LogP contribution is -2.26. The highest BCUT2D eigenvalue weighted by Crippen LogP contribution is 2.37. The first kappa shape index (κ1) is 19.3. The summed E-state index contributed by atoms with van der Waals surface area (Å²) in [4.78, 5) is 14.7. The fourth-order valence-electron chi connectivity index (χ4n) is 2.21. The maximum atomic E-state index is 12.9. The lowest BCUT2D eigenvalue weighted by atomic mass is 9.97. The first-order valence-corrected chi connectivity index (χ1v) is 7.62. The average Bonchev–Trinajstić information content (AvgIpc) is 2.52. The van der Waals surface area contributed by atoms with E-state index in [1.807, 2.05) is 0 Å². The molecule has 0 bridgehead atoms. The van der Waals surface area contributed by atoms with Crippen LogP contribution in [0.25, 0.3) is 26.9 Å². The Balaban J connectivity index is 2.78. The monoisotopic (exact) mass is 363 g/mol. The number of nitrogens with zero attached hydrogens (tertiary/aromatic N) is 3. The van der Waals surface area contributed by atoms with E-state index in [1.54, 1.807) is 51.1 Å². The van der Waals surface area contributed by atoms with Crippen LogP contribution < -0.4 is 4.74 Å². The van der Waals surface area contributed by atoms with Gasteiger partial charge in [-0.25, -0.2) is 0 Å². The molecule has 8 heteroatoms. The van der Waals surface area contributed by atoms with E-state index in [0.29, 0.717) is 10.8 Å². The van der Waals surface area contributed by atoms with Gasteiger partial charge in [0.05, 0.1) is 11.1 Å². The van der Waals surface area contributed by atoms with E-state index in [2.05, 4.69) is 10.0 Å². The van der Waals surface area contributed by atoms with Gasteiger partial charge in [-0.2, -0.15) is 13.2 Å². The zero-order chi connectivity index (χ0) is 19.5. The van der Waals surface area contributed by atoms with Crippen molar-refractivity contribution >= 4 is 22.4 Å². The lowest BCUT2D eigenvalue weighted by Gasteiger charge is -2.19. The van der Waals surface area contributed by atoms with E-state index in [1.165, 1.54) is 6.07 Å². The molecule has 26 heavy (non-hydrogen) atoms. The molecule has 0 unspecified atom stereocenters. The van der Waals surface area contributed by atoms with Crippen molar-refractivity contribution in [2.24, 2.45) is 10.5 Å². The molecule has 2 rings (SSSR count). The minimum absolute atomic E-state index is 0.0872. The van der Waals surface area contributed by atoms with Crippen molar-refractivity contribution in [3.8, 4) is 5.75 Å². The second-order valence-corrected chi connectivity index (χ2v) is 6.56. The second kappa shape index (κ2) is 7.09. The van der Waals surface area contributed by atoms with E-state index in [-0.39, 0.29) is 17.4 Å². The van der Waals surface area contributed by atoms with E-state index in [4.69, 9.17) is 10.3 Å². The molecular formula is C18H16F3N3O2. The highest BCUT2D eigenvalue weighted by molar-refractivity contribution is 5.97. The van der Waals surface area contributed by atoms with Crippen molar-refractivity contribution in [3.05, 3.63) is 58.5 Å². The third kappa shape index (κ3) is 4.55. The van der Waals surface area contributed by atoms with Crippen LogP contribution in [0.5, 0.6) is 5.75 Å². The molecule has 0 aromatic heterocycles. The Labute approximate surface area is 147 Å². The summed E-state index contributed by atoms with van der Waals surface area (Å²) in [6.07, 6.45) is -4.82. The molecule has 2 aromatic rings. The summed E-state index contributed by atoms with van der Waals surface area (Å²) in [6, 6.07) is 9.60. The summed E-state index contributed by atoms with van der Waals surface area (Å²) < 4.78 is 44.1. The normalized spacial score (nSPS) is 12.6. The van der Waals surface area contributed by atoms with Crippen LogP contribution in [0.1, 0.15) is 26.3 Å². The molecule has 0 saturated heterocycles. The Morgan fingerprint density at radius 1 is 1.15 bits per heavy atom. The number of azide groups is 1. The van der Waals surface area contributed by atoms with Gasteiger partial charge >= 0.3 is 12.1 Å². The molecule has 0 spiro atoms. The molecule has 0 aliphatic carbocycles. The first-order chi connectivity index (χ1) is 12.0. The molecular weight excluding hydrogens is 347 g/mol.